The highest BCUT2D eigenvalue weighted by Gasteiger charge is 2.23. The van der Waals surface area contributed by atoms with Gasteiger partial charge in [-0.25, -0.2) is 13.9 Å². The van der Waals surface area contributed by atoms with Crippen molar-refractivity contribution in [2.45, 2.75) is 26.4 Å². The van der Waals surface area contributed by atoms with Crippen molar-refractivity contribution in [1.82, 2.24) is 20.3 Å². The summed E-state index contributed by atoms with van der Waals surface area (Å²) in [7, 11) is 0. The van der Waals surface area contributed by atoms with Gasteiger partial charge in [0.15, 0.2) is 5.69 Å². The predicted octanol–water partition coefficient (Wildman–Crippen LogP) is 4.83. The minimum Gasteiger partial charge on any atom is -0.492 e. The normalized spacial score (nSPS) is 11.5. The maximum atomic E-state index is 13.5. The van der Waals surface area contributed by atoms with Crippen molar-refractivity contribution in [3.63, 3.8) is 0 Å². The largest absolute Gasteiger partial charge is 0.492 e. The van der Waals surface area contributed by atoms with Crippen LogP contribution in [0.4, 0.5) is 4.39 Å². The SMILES string of the molecule is CCOC(=O)c1ccc([C@H](C)NC(=O)c2c(-c3ccccc3)nnn2CCOc2ccc(F)cc2)cc1. The smallest absolute Gasteiger partial charge is 0.338 e. The lowest BCUT2D eigenvalue weighted by Crippen LogP contribution is -2.30. The van der Waals surface area contributed by atoms with E-state index < -0.39 is 5.97 Å². The van der Waals surface area contributed by atoms with Gasteiger partial charge in [0.05, 0.1) is 24.8 Å². The van der Waals surface area contributed by atoms with Crippen LogP contribution in [0.1, 0.15) is 46.3 Å². The van der Waals surface area contributed by atoms with Crippen LogP contribution in [0.15, 0.2) is 78.9 Å². The highest BCUT2D eigenvalue weighted by Crippen LogP contribution is 2.23. The Bertz CT molecular complexity index is 1340. The average molecular weight is 503 g/mol. The number of carbonyl (C=O) groups is 2. The number of nitrogens with one attached hydrogen (secondary N) is 1. The molecule has 0 aliphatic heterocycles. The monoisotopic (exact) mass is 502 g/mol. The first-order valence-electron chi connectivity index (χ1n) is 11.9. The molecule has 0 bridgehead atoms. The Morgan fingerprint density at radius 1 is 1.00 bits per heavy atom. The fourth-order valence-corrected chi connectivity index (χ4v) is 3.74. The molecule has 190 valence electrons. The number of nitrogens with zero attached hydrogens (tertiary/aromatic N) is 3. The third kappa shape index (κ3) is 6.38. The van der Waals surface area contributed by atoms with Crippen molar-refractivity contribution in [3.8, 4) is 17.0 Å². The number of amides is 1. The van der Waals surface area contributed by atoms with Crippen molar-refractivity contribution in [2.24, 2.45) is 0 Å². The van der Waals surface area contributed by atoms with Crippen LogP contribution in [0.5, 0.6) is 5.75 Å². The predicted molar refractivity (Wildman–Crippen MR) is 136 cm³/mol. The van der Waals surface area contributed by atoms with Crippen molar-refractivity contribution < 1.29 is 23.5 Å². The second kappa shape index (κ2) is 11.9. The van der Waals surface area contributed by atoms with Gasteiger partial charge in [-0.1, -0.05) is 47.7 Å². The molecular formula is C28H27FN4O4. The molecule has 0 radical (unpaired) electrons. The van der Waals surface area contributed by atoms with Crippen LogP contribution in [0.2, 0.25) is 0 Å². The van der Waals surface area contributed by atoms with Gasteiger partial charge < -0.3 is 14.8 Å². The van der Waals surface area contributed by atoms with E-state index >= 15 is 0 Å². The Balaban J connectivity index is 1.52. The zero-order valence-electron chi connectivity index (χ0n) is 20.6. The molecule has 0 aliphatic rings. The second-order valence-corrected chi connectivity index (χ2v) is 8.22. The standard InChI is InChI=1S/C28H27FN4O4/c1-3-36-28(35)22-11-9-20(10-12-22)19(2)30-27(34)26-25(21-7-5-4-6-8-21)31-32-33(26)17-18-37-24-15-13-23(29)14-16-24/h4-16,19H,3,17-18H2,1-2H3,(H,30,34)/t19-/m0/s1. The molecule has 9 heteroatoms. The van der Waals surface area contributed by atoms with E-state index in [4.69, 9.17) is 9.47 Å². The molecule has 8 nitrogen and oxygen atoms in total. The summed E-state index contributed by atoms with van der Waals surface area (Å²) in [5, 5.41) is 11.5. The number of benzene rings is 3. The summed E-state index contributed by atoms with van der Waals surface area (Å²) < 4.78 is 25.4. The minimum atomic E-state index is -0.393. The van der Waals surface area contributed by atoms with Gasteiger partial charge in [-0.2, -0.15) is 0 Å². The number of halogens is 1. The fraction of sp³-hybridized carbons (Fsp3) is 0.214. The Hall–Kier alpha value is -4.53. The van der Waals surface area contributed by atoms with Crippen LogP contribution in [0.3, 0.4) is 0 Å². The van der Waals surface area contributed by atoms with Gasteiger partial charge in [0.1, 0.15) is 23.9 Å². The van der Waals surface area contributed by atoms with Crippen molar-refractivity contribution in [2.75, 3.05) is 13.2 Å². The lowest BCUT2D eigenvalue weighted by atomic mass is 10.1. The summed E-state index contributed by atoms with van der Waals surface area (Å²) in [5.41, 5.74) is 2.76. The van der Waals surface area contributed by atoms with Crippen LogP contribution in [-0.4, -0.2) is 40.1 Å². The molecule has 37 heavy (non-hydrogen) atoms. The quantitative estimate of drug-likeness (QED) is 0.312. The highest BCUT2D eigenvalue weighted by atomic mass is 19.1. The van der Waals surface area contributed by atoms with Gasteiger partial charge in [0.25, 0.3) is 5.91 Å². The number of hydrogen-bond acceptors (Lipinski definition) is 6. The minimum absolute atomic E-state index is 0.203. The van der Waals surface area contributed by atoms with Crippen molar-refractivity contribution in [3.05, 3.63) is 102 Å². The van der Waals surface area contributed by atoms with Crippen LogP contribution in [-0.2, 0) is 11.3 Å². The second-order valence-electron chi connectivity index (χ2n) is 8.22. The van der Waals surface area contributed by atoms with Gasteiger partial charge in [-0.15, -0.1) is 5.10 Å². The van der Waals surface area contributed by atoms with E-state index in [2.05, 4.69) is 15.6 Å². The van der Waals surface area contributed by atoms with Crippen LogP contribution >= 0.6 is 0 Å². The maximum Gasteiger partial charge on any atom is 0.338 e. The Morgan fingerprint density at radius 3 is 2.38 bits per heavy atom. The third-order valence-electron chi connectivity index (χ3n) is 5.65. The molecule has 0 saturated carbocycles. The first-order valence-corrected chi connectivity index (χ1v) is 11.9. The van der Waals surface area contributed by atoms with E-state index in [1.165, 1.54) is 28.9 Å². The number of hydrogen-bond donors (Lipinski definition) is 1. The molecule has 0 saturated heterocycles. The van der Waals surface area contributed by atoms with Crippen LogP contribution in [0, 0.1) is 5.82 Å². The highest BCUT2D eigenvalue weighted by molar-refractivity contribution is 5.98. The van der Waals surface area contributed by atoms with Gasteiger partial charge in [-0.3, -0.25) is 4.79 Å². The number of ether oxygens (including phenoxy) is 2. The Morgan fingerprint density at radius 2 is 1.70 bits per heavy atom. The Kier molecular flexibility index (Phi) is 8.25. The topological polar surface area (TPSA) is 95.3 Å². The number of aromatic nitrogens is 3. The van der Waals surface area contributed by atoms with Crippen molar-refractivity contribution in [1.29, 1.82) is 0 Å². The van der Waals surface area contributed by atoms with Gasteiger partial charge in [0.2, 0.25) is 0 Å². The average Bonchev–Trinajstić information content (AvgIpc) is 3.34. The van der Waals surface area contributed by atoms with Gasteiger partial charge in [-0.05, 0) is 55.8 Å². The van der Waals surface area contributed by atoms with E-state index in [0.717, 1.165) is 11.1 Å². The molecule has 0 unspecified atom stereocenters. The summed E-state index contributed by atoms with van der Waals surface area (Å²) in [6.45, 7) is 4.36. The van der Waals surface area contributed by atoms with Crippen LogP contribution < -0.4 is 10.1 Å². The lowest BCUT2D eigenvalue weighted by Gasteiger charge is -2.16. The molecular weight excluding hydrogens is 475 g/mol. The van der Waals surface area contributed by atoms with Crippen molar-refractivity contribution >= 4 is 11.9 Å². The molecule has 3 aromatic carbocycles. The summed E-state index contributed by atoms with van der Waals surface area (Å²) in [5.74, 6) is -0.584. The fourth-order valence-electron chi connectivity index (χ4n) is 3.74. The van der Waals surface area contributed by atoms with E-state index in [-0.39, 0.29) is 30.9 Å². The maximum absolute atomic E-state index is 13.5. The Labute approximate surface area is 214 Å². The van der Waals surface area contributed by atoms with E-state index in [1.54, 1.807) is 31.2 Å². The summed E-state index contributed by atoms with van der Waals surface area (Å²) in [6, 6.07) is 21.6. The molecule has 1 N–H and O–H groups in total. The summed E-state index contributed by atoms with van der Waals surface area (Å²) >= 11 is 0. The zero-order valence-corrected chi connectivity index (χ0v) is 20.6. The van der Waals surface area contributed by atoms with E-state index in [9.17, 15) is 14.0 Å². The first kappa shape index (κ1) is 25.6. The third-order valence-corrected chi connectivity index (χ3v) is 5.65. The number of rotatable bonds is 10. The molecule has 0 spiro atoms. The summed E-state index contributed by atoms with van der Waals surface area (Å²) in [6.07, 6.45) is 0. The van der Waals surface area contributed by atoms with Gasteiger partial charge in [0, 0.05) is 5.56 Å². The molecule has 1 aromatic heterocycles. The summed E-state index contributed by atoms with van der Waals surface area (Å²) in [4.78, 5) is 25.4. The number of esters is 1. The molecule has 0 aliphatic carbocycles. The first-order chi connectivity index (χ1) is 18.0. The van der Waals surface area contributed by atoms with Gasteiger partial charge >= 0.3 is 5.97 Å². The molecule has 1 amide bonds. The number of carbonyl (C=O) groups excluding carboxylic acids is 2. The molecule has 1 heterocycles. The molecule has 1 atom stereocenters. The molecule has 0 fully saturated rings. The molecule has 4 rings (SSSR count). The van der Waals surface area contributed by atoms with E-state index in [0.29, 0.717) is 29.3 Å². The lowest BCUT2D eigenvalue weighted by molar-refractivity contribution is 0.0526. The van der Waals surface area contributed by atoms with Crippen LogP contribution in [0.25, 0.3) is 11.3 Å². The molecule has 4 aromatic rings. The van der Waals surface area contributed by atoms with E-state index in [1.807, 2.05) is 37.3 Å². The zero-order chi connectivity index (χ0) is 26.2.